The molecule has 2 aliphatic heterocycles. The van der Waals surface area contributed by atoms with Crippen LogP contribution in [0.15, 0.2) is 12.4 Å². The molecule has 0 saturated carbocycles. The summed E-state index contributed by atoms with van der Waals surface area (Å²) in [4.78, 5) is 27.0. The van der Waals surface area contributed by atoms with E-state index < -0.39 is 0 Å². The van der Waals surface area contributed by atoms with Crippen molar-refractivity contribution in [2.45, 2.75) is 68.7 Å². The number of nitrogens with zero attached hydrogens (tertiary/aromatic N) is 2. The largest absolute Gasteiger partial charge is 0.370 e. The van der Waals surface area contributed by atoms with Gasteiger partial charge in [0.25, 0.3) is 0 Å². The van der Waals surface area contributed by atoms with Crippen molar-refractivity contribution in [1.82, 2.24) is 15.1 Å². The summed E-state index contributed by atoms with van der Waals surface area (Å²) in [5.41, 5.74) is 5.12. The number of amides is 2. The summed E-state index contributed by atoms with van der Waals surface area (Å²) in [5.74, 6) is 2.17. The Labute approximate surface area is 161 Å². The Bertz CT molecular complexity index is 514. The fourth-order valence-electron chi connectivity index (χ4n) is 3.84. The van der Waals surface area contributed by atoms with Gasteiger partial charge in [-0.3, -0.25) is 9.59 Å². The van der Waals surface area contributed by atoms with Gasteiger partial charge in [0.1, 0.15) is 0 Å². The Kier molecular flexibility index (Phi) is 8.13. The van der Waals surface area contributed by atoms with Crippen molar-refractivity contribution >= 4 is 23.6 Å². The molecule has 0 radical (unpaired) electrons. The minimum atomic E-state index is -0.245. The topological polar surface area (TPSA) is 78.7 Å². The second-order valence-corrected chi connectivity index (χ2v) is 8.78. The molecule has 0 bridgehead atoms. The van der Waals surface area contributed by atoms with E-state index >= 15 is 0 Å². The molecule has 0 aromatic carbocycles. The summed E-state index contributed by atoms with van der Waals surface area (Å²) in [7, 11) is 4.00. The Morgan fingerprint density at radius 3 is 2.73 bits per heavy atom. The van der Waals surface area contributed by atoms with Gasteiger partial charge < -0.3 is 20.9 Å². The standard InChI is InChI=1S/C19H34N4O2S/c1-14-21-15-13-26-16(19(15)23(14)3)9-6-7-11-18(25)22(2)12-8-4-5-10-17(20)24/h15-16,19,21H,1,4-13H2,2-3H3,(H2,20,24)/t15?,16-,19?/m0/s1. The van der Waals surface area contributed by atoms with Crippen molar-refractivity contribution in [2.24, 2.45) is 5.73 Å². The van der Waals surface area contributed by atoms with Crippen LogP contribution in [-0.2, 0) is 9.59 Å². The highest BCUT2D eigenvalue weighted by Crippen LogP contribution is 2.38. The number of thioether (sulfide) groups is 1. The first kappa shape index (κ1) is 20.9. The van der Waals surface area contributed by atoms with Crippen molar-refractivity contribution in [3.8, 4) is 0 Å². The van der Waals surface area contributed by atoms with Crippen LogP contribution < -0.4 is 11.1 Å². The lowest BCUT2D eigenvalue weighted by atomic mass is 10.0. The average molecular weight is 383 g/mol. The number of rotatable bonds is 11. The normalized spacial score (nSPS) is 24.5. The summed E-state index contributed by atoms with van der Waals surface area (Å²) in [6.07, 6.45) is 6.97. The molecule has 6 nitrogen and oxygen atoms in total. The van der Waals surface area contributed by atoms with Gasteiger partial charge in [0, 0.05) is 44.5 Å². The van der Waals surface area contributed by atoms with Gasteiger partial charge in [-0.2, -0.15) is 11.8 Å². The third-order valence-corrected chi connectivity index (χ3v) is 6.97. The van der Waals surface area contributed by atoms with Crippen LogP contribution in [0.25, 0.3) is 0 Å². The lowest BCUT2D eigenvalue weighted by molar-refractivity contribution is -0.130. The number of primary amides is 1. The lowest BCUT2D eigenvalue weighted by Crippen LogP contribution is -2.37. The molecule has 148 valence electrons. The average Bonchev–Trinajstić information content (AvgIpc) is 3.11. The molecule has 0 spiro atoms. The maximum absolute atomic E-state index is 12.2. The van der Waals surface area contributed by atoms with E-state index in [2.05, 4.69) is 23.8 Å². The molecule has 3 atom stereocenters. The molecular weight excluding hydrogens is 348 g/mol. The number of hydrogen-bond donors (Lipinski definition) is 2. The Morgan fingerprint density at radius 1 is 1.27 bits per heavy atom. The SMILES string of the molecule is C=C1NC2CS[C@@H](CCCCC(=O)N(C)CCCCCC(N)=O)C2N1C. The minimum Gasteiger partial charge on any atom is -0.370 e. The van der Waals surface area contributed by atoms with E-state index in [1.807, 2.05) is 23.7 Å². The maximum atomic E-state index is 12.2. The van der Waals surface area contributed by atoms with E-state index in [0.717, 1.165) is 56.6 Å². The fraction of sp³-hybridized carbons (Fsp3) is 0.789. The van der Waals surface area contributed by atoms with E-state index in [4.69, 9.17) is 5.73 Å². The van der Waals surface area contributed by atoms with Crippen LogP contribution in [0.2, 0.25) is 0 Å². The summed E-state index contributed by atoms with van der Waals surface area (Å²) >= 11 is 2.05. The Morgan fingerprint density at radius 2 is 2.00 bits per heavy atom. The quantitative estimate of drug-likeness (QED) is 0.534. The van der Waals surface area contributed by atoms with Gasteiger partial charge in [0.05, 0.1) is 17.9 Å². The second kappa shape index (κ2) is 10.1. The predicted octanol–water partition coefficient (Wildman–Crippen LogP) is 1.91. The molecular formula is C19H34N4O2S. The molecule has 0 aliphatic carbocycles. The van der Waals surface area contributed by atoms with Crippen LogP contribution in [0.1, 0.15) is 51.4 Å². The molecule has 26 heavy (non-hydrogen) atoms. The fourth-order valence-corrected chi connectivity index (χ4v) is 5.48. The maximum Gasteiger partial charge on any atom is 0.222 e. The van der Waals surface area contributed by atoms with Crippen molar-refractivity contribution in [2.75, 3.05) is 26.4 Å². The summed E-state index contributed by atoms with van der Waals surface area (Å²) in [5, 5.41) is 4.11. The molecule has 2 heterocycles. The second-order valence-electron chi connectivity index (χ2n) is 7.51. The molecule has 0 aromatic rings. The molecule has 7 heteroatoms. The van der Waals surface area contributed by atoms with Crippen LogP contribution >= 0.6 is 11.8 Å². The molecule has 0 aromatic heterocycles. The van der Waals surface area contributed by atoms with Gasteiger partial charge in [-0.25, -0.2) is 0 Å². The Balaban J connectivity index is 1.55. The highest BCUT2D eigenvalue weighted by Gasteiger charge is 2.44. The molecule has 2 aliphatic rings. The van der Waals surface area contributed by atoms with Crippen molar-refractivity contribution in [1.29, 1.82) is 0 Å². The third-order valence-electron chi connectivity index (χ3n) is 5.48. The smallest absolute Gasteiger partial charge is 0.222 e. The van der Waals surface area contributed by atoms with E-state index in [1.165, 1.54) is 0 Å². The third kappa shape index (κ3) is 5.83. The zero-order chi connectivity index (χ0) is 19.1. The number of carbonyl (C=O) groups excluding carboxylic acids is 2. The van der Waals surface area contributed by atoms with Crippen LogP contribution in [0.3, 0.4) is 0 Å². The highest BCUT2D eigenvalue weighted by molar-refractivity contribution is 8.00. The van der Waals surface area contributed by atoms with Crippen molar-refractivity contribution < 1.29 is 9.59 Å². The van der Waals surface area contributed by atoms with Gasteiger partial charge in [-0.15, -0.1) is 0 Å². The molecule has 2 saturated heterocycles. The summed E-state index contributed by atoms with van der Waals surface area (Å²) in [6, 6.07) is 1.08. The number of hydrogen-bond acceptors (Lipinski definition) is 5. The zero-order valence-corrected chi connectivity index (χ0v) is 17.0. The Hall–Kier alpha value is -1.37. The first-order valence-corrected chi connectivity index (χ1v) is 10.8. The number of carbonyl (C=O) groups is 2. The number of nitrogens with one attached hydrogen (secondary N) is 1. The van der Waals surface area contributed by atoms with Gasteiger partial charge in [0.2, 0.25) is 11.8 Å². The van der Waals surface area contributed by atoms with Crippen LogP contribution in [-0.4, -0.2) is 65.3 Å². The molecule has 2 unspecified atom stereocenters. The van der Waals surface area contributed by atoms with Gasteiger partial charge in [-0.05, 0) is 25.7 Å². The molecule has 2 fully saturated rings. The van der Waals surface area contributed by atoms with Gasteiger partial charge in [-0.1, -0.05) is 19.4 Å². The number of nitrogens with two attached hydrogens (primary N) is 1. The van der Waals surface area contributed by atoms with Crippen molar-refractivity contribution in [3.05, 3.63) is 12.4 Å². The van der Waals surface area contributed by atoms with Gasteiger partial charge in [0.15, 0.2) is 0 Å². The monoisotopic (exact) mass is 382 g/mol. The summed E-state index contributed by atoms with van der Waals surface area (Å²) < 4.78 is 0. The van der Waals surface area contributed by atoms with Crippen LogP contribution in [0.4, 0.5) is 0 Å². The van der Waals surface area contributed by atoms with Crippen molar-refractivity contribution in [3.63, 3.8) is 0 Å². The summed E-state index contributed by atoms with van der Waals surface area (Å²) in [6.45, 7) is 4.83. The minimum absolute atomic E-state index is 0.227. The first-order valence-electron chi connectivity index (χ1n) is 9.72. The van der Waals surface area contributed by atoms with Crippen LogP contribution in [0.5, 0.6) is 0 Å². The van der Waals surface area contributed by atoms with Gasteiger partial charge >= 0.3 is 0 Å². The predicted molar refractivity (Wildman–Crippen MR) is 108 cm³/mol. The number of fused-ring (bicyclic) bond motifs is 1. The molecule has 2 amide bonds. The first-order chi connectivity index (χ1) is 12.4. The van der Waals surface area contributed by atoms with E-state index in [0.29, 0.717) is 30.2 Å². The van der Waals surface area contributed by atoms with E-state index in [9.17, 15) is 9.59 Å². The number of unbranched alkanes of at least 4 members (excludes halogenated alkanes) is 3. The highest BCUT2D eigenvalue weighted by atomic mass is 32.2. The number of likely N-dealkylation sites (N-methyl/N-ethyl adjacent to an activating group) is 1. The lowest BCUT2D eigenvalue weighted by Gasteiger charge is -2.25. The molecule has 2 rings (SSSR count). The van der Waals surface area contributed by atoms with E-state index in [1.54, 1.807) is 0 Å². The van der Waals surface area contributed by atoms with E-state index in [-0.39, 0.29) is 11.8 Å². The van der Waals surface area contributed by atoms with Crippen LogP contribution in [0, 0.1) is 0 Å². The zero-order valence-electron chi connectivity index (χ0n) is 16.2. The molecule has 3 N–H and O–H groups in total.